The lowest BCUT2D eigenvalue weighted by Crippen LogP contribution is -2.45. The van der Waals surface area contributed by atoms with Crippen molar-refractivity contribution in [2.24, 2.45) is 0 Å². The fourth-order valence-corrected chi connectivity index (χ4v) is 2.55. The number of hydrogen-bond donors (Lipinski definition) is 0. The van der Waals surface area contributed by atoms with Gasteiger partial charge in [0.1, 0.15) is 0 Å². The molecule has 0 saturated carbocycles. The van der Waals surface area contributed by atoms with E-state index in [4.69, 9.17) is 8.92 Å². The number of rotatable bonds is 4. The molecule has 2 rings (SSSR count). The summed E-state index contributed by atoms with van der Waals surface area (Å²) in [6, 6.07) is 6.60. The van der Waals surface area contributed by atoms with Gasteiger partial charge >= 0.3 is 0 Å². The Hall–Kier alpha value is -0.910. The third kappa shape index (κ3) is 2.86. The molecule has 1 fully saturated rings. The normalized spacial score (nSPS) is 24.4. The average molecular weight is 256 g/mol. The molecule has 1 heterocycles. The molecule has 0 N–H and O–H groups in total. The van der Waals surface area contributed by atoms with Gasteiger partial charge in [0, 0.05) is 6.42 Å². The van der Waals surface area contributed by atoms with E-state index in [-0.39, 0.29) is 11.5 Å². The third-order valence-electron chi connectivity index (χ3n) is 2.91. The Labute approximate surface area is 102 Å². The molecule has 0 spiro atoms. The van der Waals surface area contributed by atoms with Crippen LogP contribution < -0.4 is 0 Å². The first-order chi connectivity index (χ1) is 7.91. The van der Waals surface area contributed by atoms with E-state index in [2.05, 4.69) is 0 Å². The molecule has 1 aromatic rings. The molecule has 5 heteroatoms. The monoisotopic (exact) mass is 256 g/mol. The Morgan fingerprint density at radius 2 is 1.94 bits per heavy atom. The van der Waals surface area contributed by atoms with Crippen LogP contribution in [0.1, 0.15) is 18.9 Å². The first-order valence-electron chi connectivity index (χ1n) is 5.51. The van der Waals surface area contributed by atoms with Gasteiger partial charge in [-0.1, -0.05) is 17.7 Å². The molecule has 0 aromatic heterocycles. The van der Waals surface area contributed by atoms with Crippen LogP contribution in [0.15, 0.2) is 29.2 Å². The number of benzene rings is 1. The largest absolute Gasteiger partial charge is 0.373 e. The van der Waals surface area contributed by atoms with E-state index in [9.17, 15) is 8.42 Å². The minimum absolute atomic E-state index is 0.0726. The van der Waals surface area contributed by atoms with E-state index in [0.29, 0.717) is 6.61 Å². The first-order valence-corrected chi connectivity index (χ1v) is 6.92. The standard InChI is InChI=1S/C12H16O4S/c1-10-3-5-11(6-4-10)17(13,14)16-9-12(2)7-8-15-12/h3-6H,7-9H2,1-2H3. The minimum atomic E-state index is -3.67. The Morgan fingerprint density at radius 1 is 1.35 bits per heavy atom. The van der Waals surface area contributed by atoms with Crippen molar-refractivity contribution in [3.05, 3.63) is 29.8 Å². The fourth-order valence-electron chi connectivity index (χ4n) is 1.54. The highest BCUT2D eigenvalue weighted by Crippen LogP contribution is 2.27. The van der Waals surface area contributed by atoms with Crippen LogP contribution in [0.5, 0.6) is 0 Å². The van der Waals surface area contributed by atoms with Gasteiger partial charge in [0.25, 0.3) is 10.1 Å². The summed E-state index contributed by atoms with van der Waals surface area (Å²) in [5.41, 5.74) is 0.566. The van der Waals surface area contributed by atoms with Crippen molar-refractivity contribution < 1.29 is 17.3 Å². The summed E-state index contributed by atoms with van der Waals surface area (Å²) in [4.78, 5) is 0.186. The Kier molecular flexibility index (Phi) is 3.25. The highest BCUT2D eigenvalue weighted by atomic mass is 32.2. The van der Waals surface area contributed by atoms with Gasteiger partial charge in [0.05, 0.1) is 23.7 Å². The van der Waals surface area contributed by atoms with Crippen LogP contribution in [0.4, 0.5) is 0 Å². The van der Waals surface area contributed by atoms with Gasteiger partial charge in [0.2, 0.25) is 0 Å². The molecule has 1 aromatic carbocycles. The molecule has 0 amide bonds. The molecule has 1 aliphatic heterocycles. The van der Waals surface area contributed by atoms with Crippen LogP contribution in [-0.2, 0) is 19.0 Å². The van der Waals surface area contributed by atoms with Crippen molar-refractivity contribution in [1.29, 1.82) is 0 Å². The number of ether oxygens (including phenoxy) is 1. The second-order valence-electron chi connectivity index (χ2n) is 4.58. The van der Waals surface area contributed by atoms with Crippen molar-refractivity contribution in [3.63, 3.8) is 0 Å². The van der Waals surface area contributed by atoms with Crippen molar-refractivity contribution in [3.8, 4) is 0 Å². The molecule has 1 atom stereocenters. The molecule has 1 saturated heterocycles. The molecule has 1 aliphatic rings. The smallest absolute Gasteiger partial charge is 0.297 e. The predicted octanol–water partition coefficient (Wildman–Crippen LogP) is 1.88. The predicted molar refractivity (Wildman–Crippen MR) is 63.3 cm³/mol. The van der Waals surface area contributed by atoms with Gasteiger partial charge in [-0.2, -0.15) is 8.42 Å². The Bertz CT molecular complexity index is 486. The van der Waals surface area contributed by atoms with E-state index in [0.717, 1.165) is 12.0 Å². The minimum Gasteiger partial charge on any atom is -0.373 e. The Balaban J connectivity index is 2.06. The maximum atomic E-state index is 11.9. The maximum Gasteiger partial charge on any atom is 0.297 e. The highest BCUT2D eigenvalue weighted by molar-refractivity contribution is 7.86. The van der Waals surface area contributed by atoms with E-state index in [1.807, 2.05) is 13.8 Å². The zero-order valence-corrected chi connectivity index (χ0v) is 10.8. The number of hydrogen-bond acceptors (Lipinski definition) is 4. The van der Waals surface area contributed by atoms with Crippen molar-refractivity contribution in [2.45, 2.75) is 30.8 Å². The second-order valence-corrected chi connectivity index (χ2v) is 6.19. The quantitative estimate of drug-likeness (QED) is 0.772. The van der Waals surface area contributed by atoms with Crippen molar-refractivity contribution in [2.75, 3.05) is 13.2 Å². The maximum absolute atomic E-state index is 11.9. The van der Waals surface area contributed by atoms with Gasteiger partial charge in [-0.3, -0.25) is 4.18 Å². The zero-order chi connectivity index (χ0) is 12.5. The van der Waals surface area contributed by atoms with E-state index >= 15 is 0 Å². The van der Waals surface area contributed by atoms with Crippen molar-refractivity contribution in [1.82, 2.24) is 0 Å². The molecular formula is C12H16O4S. The summed E-state index contributed by atoms with van der Waals surface area (Å²) in [6.45, 7) is 4.50. The van der Waals surface area contributed by atoms with Crippen LogP contribution in [0.25, 0.3) is 0 Å². The molecule has 4 nitrogen and oxygen atoms in total. The van der Waals surface area contributed by atoms with Gasteiger partial charge in [-0.05, 0) is 26.0 Å². The summed E-state index contributed by atoms with van der Waals surface area (Å²) >= 11 is 0. The summed E-state index contributed by atoms with van der Waals surface area (Å²) in [5, 5.41) is 0. The average Bonchev–Trinajstić information content (AvgIpc) is 2.24. The summed E-state index contributed by atoms with van der Waals surface area (Å²) < 4.78 is 34.0. The molecule has 0 aliphatic carbocycles. The van der Waals surface area contributed by atoms with Crippen LogP contribution in [0, 0.1) is 6.92 Å². The van der Waals surface area contributed by atoms with Crippen molar-refractivity contribution >= 4 is 10.1 Å². The third-order valence-corrected chi connectivity index (χ3v) is 4.19. The van der Waals surface area contributed by atoms with E-state index in [1.54, 1.807) is 24.3 Å². The van der Waals surface area contributed by atoms with Gasteiger partial charge in [-0.15, -0.1) is 0 Å². The highest BCUT2D eigenvalue weighted by Gasteiger charge is 2.35. The van der Waals surface area contributed by atoms with Crippen LogP contribution in [-0.4, -0.2) is 27.2 Å². The van der Waals surface area contributed by atoms with Crippen LogP contribution >= 0.6 is 0 Å². The fraction of sp³-hybridized carbons (Fsp3) is 0.500. The molecule has 0 radical (unpaired) electrons. The lowest BCUT2D eigenvalue weighted by molar-refractivity contribution is -0.151. The molecule has 94 valence electrons. The SMILES string of the molecule is Cc1ccc(S(=O)(=O)OCC2(C)CCO2)cc1. The summed E-state index contributed by atoms with van der Waals surface area (Å²) in [6.07, 6.45) is 0.830. The van der Waals surface area contributed by atoms with Gasteiger partial charge in [-0.25, -0.2) is 0 Å². The summed E-state index contributed by atoms with van der Waals surface area (Å²) in [5.74, 6) is 0. The molecule has 0 bridgehead atoms. The molecule has 1 unspecified atom stereocenters. The number of aryl methyl sites for hydroxylation is 1. The summed E-state index contributed by atoms with van der Waals surface area (Å²) in [7, 11) is -3.67. The van der Waals surface area contributed by atoms with Gasteiger partial charge in [0.15, 0.2) is 0 Å². The van der Waals surface area contributed by atoms with E-state index in [1.165, 1.54) is 0 Å². The lowest BCUT2D eigenvalue weighted by atomic mass is 9.99. The zero-order valence-electron chi connectivity index (χ0n) is 9.97. The molecular weight excluding hydrogens is 240 g/mol. The topological polar surface area (TPSA) is 52.6 Å². The second kappa shape index (κ2) is 4.40. The van der Waals surface area contributed by atoms with Gasteiger partial charge < -0.3 is 4.74 Å². The van der Waals surface area contributed by atoms with Crippen LogP contribution in [0.3, 0.4) is 0 Å². The van der Waals surface area contributed by atoms with Crippen LogP contribution in [0.2, 0.25) is 0 Å². The molecule has 17 heavy (non-hydrogen) atoms. The van der Waals surface area contributed by atoms with E-state index < -0.39 is 15.7 Å². The first kappa shape index (κ1) is 12.5. The Morgan fingerprint density at radius 3 is 2.41 bits per heavy atom. The lowest BCUT2D eigenvalue weighted by Gasteiger charge is -2.37.